The molecule has 1 aliphatic rings. The largest absolute Gasteiger partial charge is 0.295 e. The van der Waals surface area contributed by atoms with Gasteiger partial charge in [0.05, 0.1) is 0 Å². The SMILES string of the molecule is O=C(C=Cc1cccnc1)CCCCCC1CCC(C(=O)c2ccccc2)CC1. The van der Waals surface area contributed by atoms with Gasteiger partial charge in [0.25, 0.3) is 0 Å². The first-order chi connectivity index (χ1) is 14.2. The standard InChI is InChI=1S/C26H31NO2/c28-25(18-15-22-9-7-19-27-20-22)12-6-1-3-8-21-13-16-24(17-14-21)26(29)23-10-4-2-5-11-23/h2,4-5,7,9-11,15,18-21,24H,1,3,6,8,12-14,16-17H2. The van der Waals surface area contributed by atoms with E-state index in [2.05, 4.69) is 4.98 Å². The molecule has 0 saturated heterocycles. The average molecular weight is 390 g/mol. The van der Waals surface area contributed by atoms with Crippen molar-refractivity contribution in [3.63, 3.8) is 0 Å². The van der Waals surface area contributed by atoms with Gasteiger partial charge in [-0.1, -0.05) is 55.7 Å². The number of benzene rings is 1. The summed E-state index contributed by atoms with van der Waals surface area (Å²) < 4.78 is 0. The smallest absolute Gasteiger partial charge is 0.165 e. The molecule has 0 atom stereocenters. The van der Waals surface area contributed by atoms with Crippen molar-refractivity contribution < 1.29 is 9.59 Å². The fraction of sp³-hybridized carbons (Fsp3) is 0.423. The van der Waals surface area contributed by atoms with Crippen LogP contribution in [0.5, 0.6) is 0 Å². The molecule has 1 heterocycles. The molecule has 1 aliphatic carbocycles. The highest BCUT2D eigenvalue weighted by Gasteiger charge is 2.26. The van der Waals surface area contributed by atoms with Crippen molar-refractivity contribution in [2.75, 3.05) is 0 Å². The van der Waals surface area contributed by atoms with Crippen molar-refractivity contribution in [1.29, 1.82) is 0 Å². The number of unbranched alkanes of at least 4 members (excludes halogenated alkanes) is 2. The monoisotopic (exact) mass is 389 g/mol. The molecule has 0 bridgehead atoms. The number of nitrogens with zero attached hydrogens (tertiary/aromatic N) is 1. The molecule has 0 N–H and O–H groups in total. The summed E-state index contributed by atoms with van der Waals surface area (Å²) >= 11 is 0. The third-order valence-electron chi connectivity index (χ3n) is 5.96. The van der Waals surface area contributed by atoms with Gasteiger partial charge >= 0.3 is 0 Å². The van der Waals surface area contributed by atoms with Crippen LogP contribution in [0.2, 0.25) is 0 Å². The molecule has 0 amide bonds. The van der Waals surface area contributed by atoms with Crippen LogP contribution in [0.4, 0.5) is 0 Å². The number of aromatic nitrogens is 1. The van der Waals surface area contributed by atoms with E-state index in [0.29, 0.717) is 12.2 Å². The second-order valence-electron chi connectivity index (χ2n) is 8.13. The zero-order chi connectivity index (χ0) is 20.3. The Morgan fingerprint density at radius 1 is 0.931 bits per heavy atom. The maximum absolute atomic E-state index is 12.6. The second kappa shape index (κ2) is 11.5. The predicted octanol–water partition coefficient (Wildman–Crippen LogP) is 6.30. The molecule has 3 heteroatoms. The Morgan fingerprint density at radius 3 is 2.45 bits per heavy atom. The van der Waals surface area contributed by atoms with Gasteiger partial charge in [-0.15, -0.1) is 0 Å². The van der Waals surface area contributed by atoms with E-state index in [1.165, 1.54) is 12.8 Å². The number of carbonyl (C=O) groups excluding carboxylic acids is 2. The molecule has 0 unspecified atom stereocenters. The minimum Gasteiger partial charge on any atom is -0.295 e. The first-order valence-corrected chi connectivity index (χ1v) is 10.9. The number of hydrogen-bond donors (Lipinski definition) is 0. The molecule has 0 radical (unpaired) electrons. The van der Waals surface area contributed by atoms with Gasteiger partial charge in [0, 0.05) is 30.3 Å². The van der Waals surface area contributed by atoms with Crippen LogP contribution in [0.1, 0.15) is 73.7 Å². The molecular weight excluding hydrogens is 358 g/mol. The van der Waals surface area contributed by atoms with Gasteiger partial charge in [-0.05, 0) is 61.8 Å². The predicted molar refractivity (Wildman–Crippen MR) is 118 cm³/mol. The average Bonchev–Trinajstić information content (AvgIpc) is 2.79. The number of Topliss-reactive ketones (excluding diaryl/α,β-unsaturated/α-hetero) is 1. The quantitative estimate of drug-likeness (QED) is 0.272. The highest BCUT2D eigenvalue weighted by atomic mass is 16.1. The fourth-order valence-corrected chi connectivity index (χ4v) is 4.21. The zero-order valence-electron chi connectivity index (χ0n) is 17.1. The van der Waals surface area contributed by atoms with Crippen molar-refractivity contribution >= 4 is 17.6 Å². The molecule has 2 aromatic rings. The van der Waals surface area contributed by atoms with Crippen molar-refractivity contribution in [1.82, 2.24) is 4.98 Å². The van der Waals surface area contributed by atoms with Crippen LogP contribution in [-0.4, -0.2) is 16.6 Å². The normalized spacial score (nSPS) is 19.3. The highest BCUT2D eigenvalue weighted by molar-refractivity contribution is 5.97. The van der Waals surface area contributed by atoms with E-state index in [0.717, 1.165) is 55.6 Å². The Balaban J connectivity index is 1.27. The lowest BCUT2D eigenvalue weighted by molar-refractivity contribution is -0.114. The van der Waals surface area contributed by atoms with Gasteiger partial charge in [-0.2, -0.15) is 0 Å². The molecule has 0 aliphatic heterocycles. The van der Waals surface area contributed by atoms with E-state index < -0.39 is 0 Å². The van der Waals surface area contributed by atoms with E-state index in [1.807, 2.05) is 48.5 Å². The van der Waals surface area contributed by atoms with Crippen LogP contribution < -0.4 is 0 Å². The van der Waals surface area contributed by atoms with Gasteiger partial charge in [-0.3, -0.25) is 14.6 Å². The topological polar surface area (TPSA) is 47.0 Å². The lowest BCUT2D eigenvalue weighted by Gasteiger charge is -2.27. The third kappa shape index (κ3) is 7.08. The van der Waals surface area contributed by atoms with Crippen LogP contribution in [-0.2, 0) is 4.79 Å². The lowest BCUT2D eigenvalue weighted by atomic mass is 9.77. The summed E-state index contributed by atoms with van der Waals surface area (Å²) in [6, 6.07) is 13.5. The maximum atomic E-state index is 12.6. The number of rotatable bonds is 10. The van der Waals surface area contributed by atoms with Gasteiger partial charge in [0.2, 0.25) is 0 Å². The third-order valence-corrected chi connectivity index (χ3v) is 5.96. The van der Waals surface area contributed by atoms with E-state index in [-0.39, 0.29) is 11.7 Å². The second-order valence-corrected chi connectivity index (χ2v) is 8.13. The Morgan fingerprint density at radius 2 is 1.72 bits per heavy atom. The molecule has 1 aromatic carbocycles. The molecule has 152 valence electrons. The lowest BCUT2D eigenvalue weighted by Crippen LogP contribution is -2.22. The van der Waals surface area contributed by atoms with Crippen LogP contribution in [0.25, 0.3) is 6.08 Å². The summed E-state index contributed by atoms with van der Waals surface area (Å²) in [4.78, 5) is 28.6. The molecule has 3 nitrogen and oxygen atoms in total. The molecule has 1 aromatic heterocycles. The van der Waals surface area contributed by atoms with Crippen molar-refractivity contribution in [2.45, 2.75) is 57.8 Å². The number of allylic oxidation sites excluding steroid dienone is 1. The summed E-state index contributed by atoms with van der Waals surface area (Å²) in [5.41, 5.74) is 1.82. The molecule has 1 saturated carbocycles. The summed E-state index contributed by atoms with van der Waals surface area (Å²) in [6.45, 7) is 0. The van der Waals surface area contributed by atoms with Crippen LogP contribution in [0.15, 0.2) is 60.9 Å². The van der Waals surface area contributed by atoms with E-state index >= 15 is 0 Å². The van der Waals surface area contributed by atoms with Crippen molar-refractivity contribution in [3.05, 3.63) is 72.1 Å². The molecule has 29 heavy (non-hydrogen) atoms. The molecule has 1 fully saturated rings. The summed E-state index contributed by atoms with van der Waals surface area (Å²) in [6.07, 6.45) is 16.5. The number of ketones is 2. The summed E-state index contributed by atoms with van der Waals surface area (Å²) in [5, 5.41) is 0. The molecule has 0 spiro atoms. The number of carbonyl (C=O) groups is 2. The van der Waals surface area contributed by atoms with Gasteiger partial charge in [0.1, 0.15) is 0 Å². The minimum atomic E-state index is 0.189. The van der Waals surface area contributed by atoms with Gasteiger partial charge in [-0.25, -0.2) is 0 Å². The number of hydrogen-bond acceptors (Lipinski definition) is 3. The Hall–Kier alpha value is -2.55. The van der Waals surface area contributed by atoms with E-state index in [1.54, 1.807) is 18.5 Å². The molecule has 3 rings (SSSR count). The van der Waals surface area contributed by atoms with Gasteiger partial charge < -0.3 is 0 Å². The first kappa shape index (κ1) is 21.2. The summed E-state index contributed by atoms with van der Waals surface area (Å²) in [5.74, 6) is 1.46. The number of pyridine rings is 1. The first-order valence-electron chi connectivity index (χ1n) is 10.9. The minimum absolute atomic E-state index is 0.189. The Bertz CT molecular complexity index is 790. The highest BCUT2D eigenvalue weighted by Crippen LogP contribution is 2.33. The Labute approximate surface area is 174 Å². The van der Waals surface area contributed by atoms with Crippen LogP contribution in [0.3, 0.4) is 0 Å². The van der Waals surface area contributed by atoms with Crippen LogP contribution in [0, 0.1) is 11.8 Å². The van der Waals surface area contributed by atoms with Crippen molar-refractivity contribution in [2.24, 2.45) is 11.8 Å². The summed E-state index contributed by atoms with van der Waals surface area (Å²) in [7, 11) is 0. The maximum Gasteiger partial charge on any atom is 0.165 e. The fourth-order valence-electron chi connectivity index (χ4n) is 4.21. The van der Waals surface area contributed by atoms with E-state index in [9.17, 15) is 9.59 Å². The van der Waals surface area contributed by atoms with Crippen LogP contribution >= 0.6 is 0 Å². The van der Waals surface area contributed by atoms with E-state index in [4.69, 9.17) is 0 Å². The van der Waals surface area contributed by atoms with Gasteiger partial charge in [0.15, 0.2) is 11.6 Å². The Kier molecular flexibility index (Phi) is 8.36. The zero-order valence-corrected chi connectivity index (χ0v) is 17.1. The van der Waals surface area contributed by atoms with Crippen molar-refractivity contribution in [3.8, 4) is 0 Å². The molecular formula is C26H31NO2.